The Balaban J connectivity index is 1.82. The molecule has 0 saturated carbocycles. The molecule has 0 aromatic heterocycles. The molecule has 2 N–H and O–H groups in total. The second-order valence-electron chi connectivity index (χ2n) is 5.06. The first-order chi connectivity index (χ1) is 7.66. The molecular weight excluding hydrogens is 204 g/mol. The Labute approximate surface area is 97.1 Å². The van der Waals surface area contributed by atoms with Crippen LogP contribution in [0.1, 0.15) is 33.1 Å². The van der Waals surface area contributed by atoms with Gasteiger partial charge in [-0.1, -0.05) is 0 Å². The maximum absolute atomic E-state index is 12.0. The van der Waals surface area contributed by atoms with Gasteiger partial charge in [0, 0.05) is 18.7 Å². The van der Waals surface area contributed by atoms with Crippen molar-refractivity contribution in [2.75, 3.05) is 13.2 Å². The van der Waals surface area contributed by atoms with Gasteiger partial charge >= 0.3 is 0 Å². The molecule has 2 fully saturated rings. The van der Waals surface area contributed by atoms with Crippen molar-refractivity contribution in [2.45, 2.75) is 51.3 Å². The lowest BCUT2D eigenvalue weighted by molar-refractivity contribution is -0.127. The van der Waals surface area contributed by atoms with Gasteiger partial charge in [-0.15, -0.1) is 0 Å². The first kappa shape index (κ1) is 11.9. The highest BCUT2D eigenvalue weighted by atomic mass is 16.5. The Kier molecular flexibility index (Phi) is 3.82. The van der Waals surface area contributed by atoms with Gasteiger partial charge in [0.05, 0.1) is 12.0 Å². The van der Waals surface area contributed by atoms with Gasteiger partial charge < -0.3 is 15.4 Å². The van der Waals surface area contributed by atoms with Crippen molar-refractivity contribution in [1.82, 2.24) is 10.6 Å². The second-order valence-corrected chi connectivity index (χ2v) is 5.06. The SMILES string of the molecule is CC1CC(NC(=O)C2CCOC2C)CCN1. The summed E-state index contributed by atoms with van der Waals surface area (Å²) in [6.07, 6.45) is 3.03. The molecule has 2 rings (SSSR count). The van der Waals surface area contributed by atoms with Gasteiger partial charge in [-0.25, -0.2) is 0 Å². The van der Waals surface area contributed by atoms with Crippen LogP contribution in [0.2, 0.25) is 0 Å². The fourth-order valence-corrected chi connectivity index (χ4v) is 2.65. The predicted molar refractivity (Wildman–Crippen MR) is 62.2 cm³/mol. The monoisotopic (exact) mass is 226 g/mol. The van der Waals surface area contributed by atoms with E-state index in [1.54, 1.807) is 0 Å². The molecule has 4 nitrogen and oxygen atoms in total. The number of ether oxygens (including phenoxy) is 1. The molecule has 0 aliphatic carbocycles. The number of rotatable bonds is 2. The van der Waals surface area contributed by atoms with Crippen LogP contribution in [0.5, 0.6) is 0 Å². The molecule has 1 amide bonds. The van der Waals surface area contributed by atoms with Crippen molar-refractivity contribution in [3.05, 3.63) is 0 Å². The van der Waals surface area contributed by atoms with E-state index in [9.17, 15) is 4.79 Å². The number of hydrogen-bond donors (Lipinski definition) is 2. The van der Waals surface area contributed by atoms with Crippen molar-refractivity contribution in [3.8, 4) is 0 Å². The van der Waals surface area contributed by atoms with Crippen molar-refractivity contribution in [3.63, 3.8) is 0 Å². The maximum Gasteiger partial charge on any atom is 0.226 e. The summed E-state index contributed by atoms with van der Waals surface area (Å²) in [5.74, 6) is 0.245. The lowest BCUT2D eigenvalue weighted by Gasteiger charge is -2.29. The molecule has 0 radical (unpaired) electrons. The van der Waals surface area contributed by atoms with E-state index in [0.29, 0.717) is 12.1 Å². The van der Waals surface area contributed by atoms with Crippen LogP contribution in [0.15, 0.2) is 0 Å². The van der Waals surface area contributed by atoms with Gasteiger partial charge in [-0.2, -0.15) is 0 Å². The molecule has 0 aromatic carbocycles. The number of carbonyl (C=O) groups excluding carboxylic acids is 1. The Morgan fingerprint density at radius 3 is 2.81 bits per heavy atom. The van der Waals surface area contributed by atoms with E-state index in [1.165, 1.54) is 0 Å². The average Bonchev–Trinajstić information content (AvgIpc) is 2.64. The van der Waals surface area contributed by atoms with Gasteiger partial charge in [0.15, 0.2) is 0 Å². The van der Waals surface area contributed by atoms with Gasteiger partial charge in [0.2, 0.25) is 5.91 Å². The number of hydrogen-bond acceptors (Lipinski definition) is 3. The molecule has 2 aliphatic heterocycles. The maximum atomic E-state index is 12.0. The fraction of sp³-hybridized carbons (Fsp3) is 0.917. The van der Waals surface area contributed by atoms with Crippen molar-refractivity contribution >= 4 is 5.91 Å². The van der Waals surface area contributed by atoms with Crippen LogP contribution in [0.25, 0.3) is 0 Å². The first-order valence-electron chi connectivity index (χ1n) is 6.32. The standard InChI is InChI=1S/C12H22N2O2/c1-8-7-10(3-5-13-8)14-12(15)11-4-6-16-9(11)2/h8-11,13H,3-7H2,1-2H3,(H,14,15). The quantitative estimate of drug-likeness (QED) is 0.727. The molecule has 4 atom stereocenters. The summed E-state index contributed by atoms with van der Waals surface area (Å²) < 4.78 is 5.42. The molecule has 0 bridgehead atoms. The van der Waals surface area contributed by atoms with Crippen molar-refractivity contribution in [2.24, 2.45) is 5.92 Å². The molecule has 2 aliphatic rings. The first-order valence-corrected chi connectivity index (χ1v) is 6.32. The van der Waals surface area contributed by atoms with Crippen LogP contribution < -0.4 is 10.6 Å². The van der Waals surface area contributed by atoms with Gasteiger partial charge in [0.25, 0.3) is 0 Å². The molecule has 0 spiro atoms. The third-order valence-corrected chi connectivity index (χ3v) is 3.68. The Morgan fingerprint density at radius 2 is 2.19 bits per heavy atom. The Hall–Kier alpha value is -0.610. The van der Waals surface area contributed by atoms with Crippen molar-refractivity contribution in [1.29, 1.82) is 0 Å². The Morgan fingerprint density at radius 1 is 1.38 bits per heavy atom. The zero-order valence-corrected chi connectivity index (χ0v) is 10.2. The minimum Gasteiger partial charge on any atom is -0.378 e. The number of carbonyl (C=O) groups is 1. The zero-order chi connectivity index (χ0) is 11.5. The molecule has 16 heavy (non-hydrogen) atoms. The predicted octanol–water partition coefficient (Wildman–Crippen LogP) is 0.668. The van der Waals surface area contributed by atoms with Crippen LogP contribution in [0.4, 0.5) is 0 Å². The summed E-state index contributed by atoms with van der Waals surface area (Å²) in [5, 5.41) is 6.55. The smallest absolute Gasteiger partial charge is 0.226 e. The third-order valence-electron chi connectivity index (χ3n) is 3.68. The van der Waals surface area contributed by atoms with Crippen LogP contribution in [0, 0.1) is 5.92 Å². The molecule has 0 aromatic rings. The van der Waals surface area contributed by atoms with Crippen LogP contribution in [-0.2, 0) is 9.53 Å². The van der Waals surface area contributed by atoms with Gasteiger partial charge in [0.1, 0.15) is 0 Å². The van der Waals surface area contributed by atoms with E-state index in [4.69, 9.17) is 4.74 Å². The van der Waals surface area contributed by atoms with Crippen molar-refractivity contribution < 1.29 is 9.53 Å². The minimum atomic E-state index is 0.0604. The van der Waals surface area contributed by atoms with Gasteiger partial charge in [-0.05, 0) is 39.7 Å². The number of amides is 1. The highest BCUT2D eigenvalue weighted by Crippen LogP contribution is 2.21. The molecule has 2 heterocycles. The number of piperidine rings is 1. The second kappa shape index (κ2) is 5.15. The van der Waals surface area contributed by atoms with E-state index in [0.717, 1.165) is 32.4 Å². The largest absolute Gasteiger partial charge is 0.378 e. The van der Waals surface area contributed by atoms with E-state index >= 15 is 0 Å². The molecule has 92 valence electrons. The van der Waals surface area contributed by atoms with E-state index < -0.39 is 0 Å². The average molecular weight is 226 g/mol. The van der Waals surface area contributed by atoms with E-state index in [1.807, 2.05) is 6.92 Å². The topological polar surface area (TPSA) is 50.4 Å². The Bertz CT molecular complexity index is 257. The highest BCUT2D eigenvalue weighted by Gasteiger charge is 2.32. The summed E-state index contributed by atoms with van der Waals surface area (Å²) in [4.78, 5) is 12.0. The number of nitrogens with one attached hydrogen (secondary N) is 2. The molecular formula is C12H22N2O2. The molecule has 4 unspecified atom stereocenters. The fourth-order valence-electron chi connectivity index (χ4n) is 2.65. The summed E-state index contributed by atoms with van der Waals surface area (Å²) >= 11 is 0. The molecule has 4 heteroatoms. The van der Waals surface area contributed by atoms with E-state index in [2.05, 4.69) is 17.6 Å². The third kappa shape index (κ3) is 2.74. The van der Waals surface area contributed by atoms with Crippen LogP contribution in [-0.4, -0.2) is 37.2 Å². The lowest BCUT2D eigenvalue weighted by atomic mass is 9.97. The minimum absolute atomic E-state index is 0.0604. The summed E-state index contributed by atoms with van der Waals surface area (Å²) in [7, 11) is 0. The van der Waals surface area contributed by atoms with Crippen LogP contribution >= 0.6 is 0 Å². The van der Waals surface area contributed by atoms with Crippen LogP contribution in [0.3, 0.4) is 0 Å². The summed E-state index contributed by atoms with van der Waals surface area (Å²) in [6, 6.07) is 0.854. The summed E-state index contributed by atoms with van der Waals surface area (Å²) in [6.45, 7) is 5.88. The van der Waals surface area contributed by atoms with E-state index in [-0.39, 0.29) is 17.9 Å². The van der Waals surface area contributed by atoms with Gasteiger partial charge in [-0.3, -0.25) is 4.79 Å². The normalized spacial score (nSPS) is 39.6. The lowest BCUT2D eigenvalue weighted by Crippen LogP contribution is -2.48. The molecule has 2 saturated heterocycles. The highest BCUT2D eigenvalue weighted by molar-refractivity contribution is 5.79. The summed E-state index contributed by atoms with van der Waals surface area (Å²) in [5.41, 5.74) is 0. The zero-order valence-electron chi connectivity index (χ0n) is 10.2.